The topological polar surface area (TPSA) is 165 Å². The first-order valence-electron chi connectivity index (χ1n) is 18.5. The molecule has 1 aliphatic carbocycles. The molecule has 0 radical (unpaired) electrons. The Morgan fingerprint density at radius 3 is 2.30 bits per heavy atom. The van der Waals surface area contributed by atoms with Crippen LogP contribution in [0.4, 0.5) is 0 Å². The number of aliphatic carboxylic acids is 1. The molecule has 1 saturated carbocycles. The lowest BCUT2D eigenvalue weighted by atomic mass is 9.81. The number of carbonyl (C=O) groups is 4. The van der Waals surface area contributed by atoms with Crippen molar-refractivity contribution in [2.75, 3.05) is 13.1 Å². The average molecular weight is 692 g/mol. The Bertz CT molecular complexity index is 1370. The van der Waals surface area contributed by atoms with Crippen molar-refractivity contribution in [3.8, 4) is 0 Å². The Morgan fingerprint density at radius 2 is 1.70 bits per heavy atom. The Hall–Kier alpha value is -3.99. The molecule has 4 rings (SSSR count). The van der Waals surface area contributed by atoms with Gasteiger partial charge in [-0.1, -0.05) is 82.4 Å². The van der Waals surface area contributed by atoms with Crippen LogP contribution < -0.4 is 10.6 Å². The van der Waals surface area contributed by atoms with Gasteiger partial charge in [-0.2, -0.15) is 0 Å². The van der Waals surface area contributed by atoms with E-state index in [-0.39, 0.29) is 30.6 Å². The van der Waals surface area contributed by atoms with Gasteiger partial charge in [0.2, 0.25) is 17.7 Å². The first kappa shape index (κ1) is 38.8. The maximum Gasteiger partial charge on any atom is 0.306 e. The molecule has 3 amide bonds. The number of hydrogen-bond donors (Lipinski definition) is 5. The molecule has 5 atom stereocenters. The van der Waals surface area contributed by atoms with E-state index in [1.807, 2.05) is 36.4 Å². The molecule has 1 saturated heterocycles. The SMILES string of the molecule is C=C[C@@H](C[C@H](O)[C@H](CC1CCCCC1)NC(=O)[C@H](Cc1c[nH]cn1)NC(=O)[C@@H](CC(=O)N1CCC(C(=O)O)CC1)Cc1ccccc1)C(C)C. The lowest BCUT2D eigenvalue weighted by molar-refractivity contribution is -0.146. The van der Waals surface area contributed by atoms with Crippen molar-refractivity contribution in [3.63, 3.8) is 0 Å². The largest absolute Gasteiger partial charge is 0.481 e. The number of aliphatic hydroxyl groups is 1. The van der Waals surface area contributed by atoms with Gasteiger partial charge in [-0.25, -0.2) is 4.98 Å². The number of piperidine rings is 1. The summed E-state index contributed by atoms with van der Waals surface area (Å²) in [5.41, 5.74) is 1.48. The van der Waals surface area contributed by atoms with Crippen LogP contribution in [0, 0.1) is 29.6 Å². The van der Waals surface area contributed by atoms with Gasteiger partial charge in [0, 0.05) is 32.1 Å². The number of aromatic nitrogens is 2. The van der Waals surface area contributed by atoms with E-state index in [1.165, 1.54) is 12.7 Å². The van der Waals surface area contributed by atoms with E-state index in [1.54, 1.807) is 11.1 Å². The minimum Gasteiger partial charge on any atom is -0.481 e. The summed E-state index contributed by atoms with van der Waals surface area (Å²) in [5, 5.41) is 27.0. The second-order valence-electron chi connectivity index (χ2n) is 14.7. The molecule has 1 aromatic carbocycles. The van der Waals surface area contributed by atoms with Gasteiger partial charge in [-0.3, -0.25) is 19.2 Å². The molecule has 2 aliphatic rings. The number of carbonyl (C=O) groups excluding carboxylic acids is 3. The monoisotopic (exact) mass is 691 g/mol. The number of aromatic amines is 1. The Kier molecular flexibility index (Phi) is 15.1. The predicted octanol–water partition coefficient (Wildman–Crippen LogP) is 4.67. The molecule has 0 bridgehead atoms. The number of nitrogens with zero attached hydrogens (tertiary/aromatic N) is 2. The summed E-state index contributed by atoms with van der Waals surface area (Å²) < 4.78 is 0. The Balaban J connectivity index is 1.53. The van der Waals surface area contributed by atoms with Crippen molar-refractivity contribution in [1.29, 1.82) is 0 Å². The fraction of sp³-hybridized carbons (Fsp3) is 0.615. The van der Waals surface area contributed by atoms with Crippen LogP contribution in [-0.2, 0) is 32.0 Å². The molecule has 274 valence electrons. The van der Waals surface area contributed by atoms with Crippen LogP contribution in [0.3, 0.4) is 0 Å². The molecule has 1 aromatic heterocycles. The maximum absolute atomic E-state index is 14.2. The number of aliphatic hydroxyl groups excluding tert-OH is 1. The number of benzene rings is 1. The number of carboxylic acid groups (broad SMARTS) is 1. The van der Waals surface area contributed by atoms with Crippen molar-refractivity contribution in [2.45, 2.75) is 109 Å². The standard InChI is InChI=1S/C39H57N5O6/c1-4-29(26(2)3)21-35(45)33(20-28-13-9-6-10-14-28)42-38(48)34(23-32-24-40-25-41-32)43-37(47)31(19-27-11-7-5-8-12-27)22-36(46)44-17-15-30(16-18-44)39(49)50/h4-5,7-8,11-12,24-26,28-31,33-35,45H,1,6,9-10,13-23H2,2-3H3,(H,40,41)(H,42,48)(H,43,47)(H,49,50)/t29-,31+,33-,34-,35-/m0/s1. The zero-order chi connectivity index (χ0) is 36.0. The van der Waals surface area contributed by atoms with E-state index < -0.39 is 47.8 Å². The Labute approximate surface area is 296 Å². The lowest BCUT2D eigenvalue weighted by Crippen LogP contribution is -2.55. The van der Waals surface area contributed by atoms with E-state index >= 15 is 0 Å². The number of imidazole rings is 1. The molecule has 11 heteroatoms. The smallest absolute Gasteiger partial charge is 0.306 e. The number of amides is 3. The predicted molar refractivity (Wildman–Crippen MR) is 192 cm³/mol. The highest BCUT2D eigenvalue weighted by Gasteiger charge is 2.34. The molecule has 2 heterocycles. The number of hydrogen-bond acceptors (Lipinski definition) is 6. The fourth-order valence-corrected chi connectivity index (χ4v) is 7.44. The zero-order valence-electron chi connectivity index (χ0n) is 29.8. The summed E-state index contributed by atoms with van der Waals surface area (Å²) in [7, 11) is 0. The normalized spacial score (nSPS) is 18.8. The number of carboxylic acids is 1. The van der Waals surface area contributed by atoms with Crippen LogP contribution in [0.2, 0.25) is 0 Å². The van der Waals surface area contributed by atoms with E-state index in [9.17, 15) is 29.4 Å². The minimum absolute atomic E-state index is 0.0730. The van der Waals surface area contributed by atoms with Gasteiger partial charge in [0.1, 0.15) is 6.04 Å². The van der Waals surface area contributed by atoms with Crippen LogP contribution >= 0.6 is 0 Å². The summed E-state index contributed by atoms with van der Waals surface area (Å²) in [6.07, 6.45) is 12.1. The quantitative estimate of drug-likeness (QED) is 0.142. The lowest BCUT2D eigenvalue weighted by Gasteiger charge is -2.33. The third-order valence-electron chi connectivity index (χ3n) is 10.7. The third kappa shape index (κ3) is 11.8. The summed E-state index contributed by atoms with van der Waals surface area (Å²) in [6.45, 7) is 8.82. The fourth-order valence-electron chi connectivity index (χ4n) is 7.44. The van der Waals surface area contributed by atoms with Crippen LogP contribution in [0.5, 0.6) is 0 Å². The maximum atomic E-state index is 14.2. The van der Waals surface area contributed by atoms with Gasteiger partial charge >= 0.3 is 5.97 Å². The molecule has 1 aliphatic heterocycles. The zero-order valence-corrected chi connectivity index (χ0v) is 29.8. The summed E-state index contributed by atoms with van der Waals surface area (Å²) >= 11 is 0. The number of rotatable bonds is 18. The Morgan fingerprint density at radius 1 is 1.00 bits per heavy atom. The molecular weight excluding hydrogens is 634 g/mol. The van der Waals surface area contributed by atoms with Crippen LogP contribution in [0.1, 0.15) is 89.3 Å². The first-order valence-corrected chi connectivity index (χ1v) is 18.5. The summed E-state index contributed by atoms with van der Waals surface area (Å²) in [5.74, 6) is -2.36. The van der Waals surface area contributed by atoms with E-state index in [4.69, 9.17) is 0 Å². The van der Waals surface area contributed by atoms with Crippen LogP contribution in [0.25, 0.3) is 0 Å². The van der Waals surface area contributed by atoms with Crippen LogP contribution in [-0.4, -0.2) is 80.0 Å². The van der Waals surface area contributed by atoms with Crippen LogP contribution in [0.15, 0.2) is 55.5 Å². The van der Waals surface area contributed by atoms with E-state index in [0.717, 1.165) is 31.2 Å². The van der Waals surface area contributed by atoms with Crippen molar-refractivity contribution in [1.82, 2.24) is 25.5 Å². The number of H-pyrrole nitrogens is 1. The minimum atomic E-state index is -0.994. The van der Waals surface area contributed by atoms with Crippen molar-refractivity contribution in [3.05, 3.63) is 66.8 Å². The first-order chi connectivity index (χ1) is 24.0. The van der Waals surface area contributed by atoms with E-state index in [0.29, 0.717) is 56.8 Å². The molecule has 0 unspecified atom stereocenters. The van der Waals surface area contributed by atoms with Crippen molar-refractivity contribution in [2.24, 2.45) is 29.6 Å². The summed E-state index contributed by atoms with van der Waals surface area (Å²) in [6, 6.07) is 7.96. The highest BCUT2D eigenvalue weighted by Crippen LogP contribution is 2.30. The molecular formula is C39H57N5O6. The van der Waals surface area contributed by atoms with Gasteiger partial charge in [-0.05, 0) is 55.4 Å². The molecule has 2 aromatic rings. The van der Waals surface area contributed by atoms with E-state index in [2.05, 4.69) is 41.0 Å². The molecule has 0 spiro atoms. The molecule has 11 nitrogen and oxygen atoms in total. The van der Waals surface area contributed by atoms with Gasteiger partial charge in [0.25, 0.3) is 0 Å². The third-order valence-corrected chi connectivity index (χ3v) is 10.7. The van der Waals surface area contributed by atoms with Crippen molar-refractivity contribution < 1.29 is 29.4 Å². The number of likely N-dealkylation sites (tertiary alicyclic amines) is 1. The van der Waals surface area contributed by atoms with Gasteiger partial charge in [0.15, 0.2) is 0 Å². The highest BCUT2D eigenvalue weighted by atomic mass is 16.4. The molecule has 2 fully saturated rings. The second kappa shape index (κ2) is 19.4. The van der Waals surface area contributed by atoms with Gasteiger partial charge in [0.05, 0.1) is 36.0 Å². The summed E-state index contributed by atoms with van der Waals surface area (Å²) in [4.78, 5) is 62.1. The molecule has 5 N–H and O–H groups in total. The van der Waals surface area contributed by atoms with Gasteiger partial charge < -0.3 is 30.7 Å². The number of nitrogens with one attached hydrogen (secondary N) is 3. The van der Waals surface area contributed by atoms with Gasteiger partial charge in [-0.15, -0.1) is 6.58 Å². The number of allylic oxidation sites excluding steroid dienone is 1. The highest BCUT2D eigenvalue weighted by molar-refractivity contribution is 5.91. The van der Waals surface area contributed by atoms with Crippen molar-refractivity contribution >= 4 is 23.7 Å². The second-order valence-corrected chi connectivity index (χ2v) is 14.7. The average Bonchev–Trinajstić information content (AvgIpc) is 3.63. The molecule has 50 heavy (non-hydrogen) atoms.